The largest absolute Gasteiger partial charge is 0.360 e. The highest BCUT2D eigenvalue weighted by Gasteiger charge is 2.22. The zero-order valence-electron chi connectivity index (χ0n) is 14.4. The van der Waals surface area contributed by atoms with E-state index in [4.69, 9.17) is 0 Å². The molecule has 1 heterocycles. The predicted octanol–water partition coefficient (Wildman–Crippen LogP) is 2.61. The summed E-state index contributed by atoms with van der Waals surface area (Å²) in [5.41, 5.74) is 1.36. The molecule has 0 aromatic heterocycles. The van der Waals surface area contributed by atoms with Gasteiger partial charge in [-0.25, -0.2) is 13.2 Å². The van der Waals surface area contributed by atoms with Crippen LogP contribution in [0.2, 0.25) is 0 Å². The zero-order valence-corrected chi connectivity index (χ0v) is 14.4. The molecule has 142 valence electrons. The number of para-hydroxylation sites is 1. The Balaban J connectivity index is 1.53. The van der Waals surface area contributed by atoms with Gasteiger partial charge in [0, 0.05) is 18.3 Å². The van der Waals surface area contributed by atoms with E-state index in [1.165, 1.54) is 12.1 Å². The van der Waals surface area contributed by atoms with Crippen LogP contribution >= 0.6 is 0 Å². The van der Waals surface area contributed by atoms with E-state index in [0.29, 0.717) is 12.2 Å². The average Bonchev–Trinajstić information content (AvgIpc) is 2.63. The van der Waals surface area contributed by atoms with E-state index in [1.54, 1.807) is 11.0 Å². The number of rotatable bonds is 5. The maximum Gasteiger partial charge on any atom is 0.243 e. The minimum absolute atomic E-state index is 0.0770. The summed E-state index contributed by atoms with van der Waals surface area (Å²) in [6.45, 7) is 0.130. The SMILES string of the molecule is O=C(CN1CCCc2cccc(F)c21)NCC(=O)Nc1ccc(F)c(F)c1. The Hall–Kier alpha value is -3.03. The Morgan fingerprint density at radius 1 is 1.00 bits per heavy atom. The molecular formula is C19H18F3N3O2. The normalized spacial score (nSPS) is 13.1. The maximum absolute atomic E-state index is 14.1. The lowest BCUT2D eigenvalue weighted by molar-refractivity contribution is -0.123. The smallest absolute Gasteiger partial charge is 0.243 e. The molecule has 0 saturated heterocycles. The minimum atomic E-state index is -1.08. The van der Waals surface area contributed by atoms with Crippen molar-refractivity contribution in [2.24, 2.45) is 0 Å². The van der Waals surface area contributed by atoms with Crippen LogP contribution in [0.5, 0.6) is 0 Å². The summed E-state index contributed by atoms with van der Waals surface area (Å²) in [7, 11) is 0. The number of fused-ring (bicyclic) bond motifs is 1. The van der Waals surface area contributed by atoms with Crippen LogP contribution in [0.1, 0.15) is 12.0 Å². The number of aryl methyl sites for hydroxylation is 1. The number of nitrogens with zero attached hydrogens (tertiary/aromatic N) is 1. The van der Waals surface area contributed by atoms with Gasteiger partial charge >= 0.3 is 0 Å². The summed E-state index contributed by atoms with van der Waals surface area (Å²) in [6.07, 6.45) is 1.56. The fourth-order valence-electron chi connectivity index (χ4n) is 3.03. The second kappa shape index (κ2) is 8.11. The lowest BCUT2D eigenvalue weighted by atomic mass is 10.0. The number of hydrogen-bond acceptors (Lipinski definition) is 3. The van der Waals surface area contributed by atoms with Crippen LogP contribution in [0.3, 0.4) is 0 Å². The van der Waals surface area contributed by atoms with Crippen molar-refractivity contribution in [3.63, 3.8) is 0 Å². The molecule has 0 spiro atoms. The van der Waals surface area contributed by atoms with Gasteiger partial charge < -0.3 is 15.5 Å². The average molecular weight is 377 g/mol. The fraction of sp³-hybridized carbons (Fsp3) is 0.263. The van der Waals surface area contributed by atoms with Gasteiger partial charge in [0.15, 0.2) is 11.6 Å². The van der Waals surface area contributed by atoms with Crippen LogP contribution in [0.25, 0.3) is 0 Å². The van der Waals surface area contributed by atoms with Gasteiger partial charge in [0.05, 0.1) is 18.8 Å². The Labute approximate surface area is 154 Å². The number of anilines is 2. The summed E-state index contributed by atoms with van der Waals surface area (Å²) >= 11 is 0. The van der Waals surface area contributed by atoms with E-state index in [1.807, 2.05) is 6.07 Å². The van der Waals surface area contributed by atoms with Crippen molar-refractivity contribution in [1.82, 2.24) is 5.32 Å². The van der Waals surface area contributed by atoms with E-state index in [9.17, 15) is 22.8 Å². The molecule has 0 aliphatic carbocycles. The van der Waals surface area contributed by atoms with Crippen molar-refractivity contribution >= 4 is 23.2 Å². The number of carbonyl (C=O) groups is 2. The molecule has 0 bridgehead atoms. The standard InChI is InChI=1S/C19H18F3N3O2/c20-14-7-6-13(9-16(14)22)24-17(26)10-23-18(27)11-25-8-2-4-12-3-1-5-15(21)19(12)25/h1,3,5-7,9H,2,4,8,10-11H2,(H,23,27)(H,24,26). The number of halogens is 3. The lowest BCUT2D eigenvalue weighted by Gasteiger charge is -2.31. The van der Waals surface area contributed by atoms with Gasteiger partial charge in [0.2, 0.25) is 11.8 Å². The van der Waals surface area contributed by atoms with Gasteiger partial charge in [0.25, 0.3) is 0 Å². The highest BCUT2D eigenvalue weighted by atomic mass is 19.2. The number of hydrogen-bond donors (Lipinski definition) is 2. The molecule has 0 unspecified atom stereocenters. The Kier molecular flexibility index (Phi) is 5.63. The highest BCUT2D eigenvalue weighted by Crippen LogP contribution is 2.29. The molecule has 0 saturated carbocycles. The fourth-order valence-corrected chi connectivity index (χ4v) is 3.03. The van der Waals surface area contributed by atoms with Crippen LogP contribution in [0.15, 0.2) is 36.4 Å². The molecule has 0 atom stereocenters. The molecule has 5 nitrogen and oxygen atoms in total. The highest BCUT2D eigenvalue weighted by molar-refractivity contribution is 5.95. The van der Waals surface area contributed by atoms with Crippen molar-refractivity contribution in [2.45, 2.75) is 12.8 Å². The van der Waals surface area contributed by atoms with E-state index < -0.39 is 23.4 Å². The first-order chi connectivity index (χ1) is 12.9. The maximum atomic E-state index is 14.1. The van der Waals surface area contributed by atoms with Gasteiger partial charge in [-0.2, -0.15) is 0 Å². The molecule has 27 heavy (non-hydrogen) atoms. The molecule has 0 radical (unpaired) electrons. The molecule has 2 N–H and O–H groups in total. The molecule has 1 aliphatic heterocycles. The number of nitrogens with one attached hydrogen (secondary N) is 2. The molecule has 0 fully saturated rings. The second-order valence-electron chi connectivity index (χ2n) is 6.23. The van der Waals surface area contributed by atoms with Gasteiger partial charge in [-0.3, -0.25) is 9.59 Å². The zero-order chi connectivity index (χ0) is 19.4. The van der Waals surface area contributed by atoms with Crippen molar-refractivity contribution < 1.29 is 22.8 Å². The third kappa shape index (κ3) is 4.58. The monoisotopic (exact) mass is 377 g/mol. The van der Waals surface area contributed by atoms with E-state index in [0.717, 1.165) is 30.5 Å². The van der Waals surface area contributed by atoms with Crippen LogP contribution in [-0.4, -0.2) is 31.4 Å². The minimum Gasteiger partial charge on any atom is -0.360 e. The number of amides is 2. The van der Waals surface area contributed by atoms with Crippen molar-refractivity contribution in [2.75, 3.05) is 29.9 Å². The predicted molar refractivity (Wildman–Crippen MR) is 94.9 cm³/mol. The molecular weight excluding hydrogens is 359 g/mol. The quantitative estimate of drug-likeness (QED) is 0.842. The van der Waals surface area contributed by atoms with Crippen LogP contribution in [0.4, 0.5) is 24.5 Å². The third-order valence-corrected chi connectivity index (χ3v) is 4.24. The first kappa shape index (κ1) is 18.8. The van der Waals surface area contributed by atoms with Gasteiger partial charge in [-0.05, 0) is 36.6 Å². The molecule has 2 aromatic rings. The van der Waals surface area contributed by atoms with E-state index in [2.05, 4.69) is 10.6 Å². The summed E-state index contributed by atoms with van der Waals surface area (Å²) in [5.74, 6) is -3.50. The van der Waals surface area contributed by atoms with Crippen LogP contribution < -0.4 is 15.5 Å². The molecule has 1 aliphatic rings. The third-order valence-electron chi connectivity index (χ3n) is 4.24. The number of carbonyl (C=O) groups excluding carboxylic acids is 2. The summed E-state index contributed by atoms with van der Waals surface area (Å²) in [6, 6.07) is 7.78. The molecule has 2 aromatic carbocycles. The second-order valence-corrected chi connectivity index (χ2v) is 6.23. The van der Waals surface area contributed by atoms with E-state index >= 15 is 0 Å². The van der Waals surface area contributed by atoms with Gasteiger partial charge in [-0.15, -0.1) is 0 Å². The lowest BCUT2D eigenvalue weighted by Crippen LogP contribution is -2.42. The Morgan fingerprint density at radius 2 is 1.81 bits per heavy atom. The van der Waals surface area contributed by atoms with Crippen molar-refractivity contribution in [3.05, 3.63) is 59.4 Å². The summed E-state index contributed by atoms with van der Waals surface area (Å²) in [4.78, 5) is 25.6. The van der Waals surface area contributed by atoms with E-state index in [-0.39, 0.29) is 24.6 Å². The molecule has 8 heteroatoms. The first-order valence-electron chi connectivity index (χ1n) is 8.48. The van der Waals surface area contributed by atoms with Crippen LogP contribution in [-0.2, 0) is 16.0 Å². The summed E-state index contributed by atoms with van der Waals surface area (Å²) in [5, 5.41) is 4.80. The first-order valence-corrected chi connectivity index (χ1v) is 8.48. The number of benzene rings is 2. The molecule has 2 amide bonds. The Bertz CT molecular complexity index is 873. The van der Waals surface area contributed by atoms with Crippen molar-refractivity contribution in [3.8, 4) is 0 Å². The van der Waals surface area contributed by atoms with Gasteiger partial charge in [0.1, 0.15) is 5.82 Å². The van der Waals surface area contributed by atoms with Gasteiger partial charge in [-0.1, -0.05) is 12.1 Å². The molecule has 3 rings (SSSR count). The topological polar surface area (TPSA) is 61.4 Å². The Morgan fingerprint density at radius 3 is 2.59 bits per heavy atom. The van der Waals surface area contributed by atoms with Crippen molar-refractivity contribution in [1.29, 1.82) is 0 Å². The van der Waals surface area contributed by atoms with Crippen LogP contribution in [0, 0.1) is 17.5 Å². The summed E-state index contributed by atoms with van der Waals surface area (Å²) < 4.78 is 40.1.